The Morgan fingerprint density at radius 1 is 0.920 bits per heavy atom. The van der Waals surface area contributed by atoms with Crippen molar-refractivity contribution in [2.45, 2.75) is 19.3 Å². The van der Waals surface area contributed by atoms with Gasteiger partial charge in [0.05, 0.1) is 0 Å². The third kappa shape index (κ3) is 3.14. The topological polar surface area (TPSA) is 58.1 Å². The summed E-state index contributed by atoms with van der Waals surface area (Å²) in [4.78, 5) is 23.0. The van der Waals surface area contributed by atoms with Crippen molar-refractivity contribution in [3.8, 4) is 0 Å². The van der Waals surface area contributed by atoms with E-state index in [1.807, 2.05) is 59.6 Å². The molecule has 0 spiro atoms. The lowest BCUT2D eigenvalue weighted by Gasteiger charge is -2.26. The first-order chi connectivity index (χ1) is 12.3. The van der Waals surface area contributed by atoms with Crippen molar-refractivity contribution in [1.82, 2.24) is 20.2 Å². The third-order valence-corrected chi connectivity index (χ3v) is 4.36. The molecule has 1 aromatic carbocycles. The first-order valence-electron chi connectivity index (χ1n) is 8.24. The summed E-state index contributed by atoms with van der Waals surface area (Å²) in [5.41, 5.74) is 3.87. The number of aromatic nitrogens is 2. The van der Waals surface area contributed by atoms with Crippen LogP contribution in [0.2, 0.25) is 0 Å². The van der Waals surface area contributed by atoms with Crippen LogP contribution in [0.4, 0.5) is 0 Å². The van der Waals surface area contributed by atoms with Gasteiger partial charge < -0.3 is 4.90 Å². The molecule has 5 heteroatoms. The predicted octanol–water partition coefficient (Wildman–Crippen LogP) is 2.92. The molecule has 0 fully saturated rings. The molecule has 3 aromatic rings. The standard InChI is InChI=1S/C20H18N4O/c25-20-18-8-2-1-7-17(18)19(23-13-15-5-3-9-21-11-15)24(20)14-16-6-4-10-22-12-16/h1-12,19,23H,13-14H2/t19-/m1/s1. The van der Waals surface area contributed by atoms with E-state index in [4.69, 9.17) is 0 Å². The van der Waals surface area contributed by atoms with Gasteiger partial charge in [0.2, 0.25) is 0 Å². The second-order valence-corrected chi connectivity index (χ2v) is 6.03. The van der Waals surface area contributed by atoms with Gasteiger partial charge in [-0.3, -0.25) is 20.1 Å². The molecule has 0 unspecified atom stereocenters. The minimum atomic E-state index is -0.163. The van der Waals surface area contributed by atoms with E-state index in [2.05, 4.69) is 15.3 Å². The molecule has 0 bridgehead atoms. The lowest BCUT2D eigenvalue weighted by molar-refractivity contribution is 0.0675. The van der Waals surface area contributed by atoms with E-state index in [1.165, 1.54) is 0 Å². The maximum absolute atomic E-state index is 12.9. The third-order valence-electron chi connectivity index (χ3n) is 4.36. The Kier molecular flexibility index (Phi) is 4.23. The second kappa shape index (κ2) is 6.83. The molecular weight excluding hydrogens is 312 g/mol. The first-order valence-corrected chi connectivity index (χ1v) is 8.24. The number of fused-ring (bicyclic) bond motifs is 1. The second-order valence-electron chi connectivity index (χ2n) is 6.03. The smallest absolute Gasteiger partial charge is 0.256 e. The number of benzene rings is 1. The van der Waals surface area contributed by atoms with Gasteiger partial charge in [-0.25, -0.2) is 0 Å². The quantitative estimate of drug-likeness (QED) is 0.781. The van der Waals surface area contributed by atoms with Gasteiger partial charge in [0.1, 0.15) is 6.17 Å². The average molecular weight is 330 g/mol. The molecule has 0 radical (unpaired) electrons. The highest BCUT2D eigenvalue weighted by atomic mass is 16.2. The molecule has 3 heterocycles. The molecule has 124 valence electrons. The van der Waals surface area contributed by atoms with Gasteiger partial charge in [-0.15, -0.1) is 0 Å². The zero-order valence-corrected chi connectivity index (χ0v) is 13.7. The number of carbonyl (C=O) groups is 1. The van der Waals surface area contributed by atoms with Crippen LogP contribution < -0.4 is 5.32 Å². The SMILES string of the molecule is O=C1c2ccccc2[C@H](NCc2cccnc2)N1Cc1cccnc1. The van der Waals surface area contributed by atoms with Crippen molar-refractivity contribution in [3.05, 3.63) is 95.6 Å². The van der Waals surface area contributed by atoms with Crippen molar-refractivity contribution in [2.75, 3.05) is 0 Å². The zero-order chi connectivity index (χ0) is 17.1. The summed E-state index contributed by atoms with van der Waals surface area (Å²) in [6.45, 7) is 1.16. The van der Waals surface area contributed by atoms with Crippen LogP contribution in [0.15, 0.2) is 73.3 Å². The minimum absolute atomic E-state index is 0.0446. The fourth-order valence-corrected chi connectivity index (χ4v) is 3.16. The van der Waals surface area contributed by atoms with Crippen molar-refractivity contribution >= 4 is 5.91 Å². The summed E-state index contributed by atoms with van der Waals surface area (Å²) >= 11 is 0. The first kappa shape index (κ1) is 15.5. The molecule has 1 atom stereocenters. The molecule has 1 N–H and O–H groups in total. The molecule has 1 amide bonds. The number of hydrogen-bond donors (Lipinski definition) is 1. The molecule has 0 saturated heterocycles. The van der Waals surface area contributed by atoms with Crippen LogP contribution in [-0.2, 0) is 13.1 Å². The largest absolute Gasteiger partial charge is 0.314 e. The molecular formula is C20H18N4O. The van der Waals surface area contributed by atoms with Crippen molar-refractivity contribution in [1.29, 1.82) is 0 Å². The van der Waals surface area contributed by atoms with Crippen LogP contribution in [0.25, 0.3) is 0 Å². The van der Waals surface area contributed by atoms with E-state index in [1.54, 1.807) is 18.6 Å². The normalized spacial score (nSPS) is 16.1. The van der Waals surface area contributed by atoms with Gasteiger partial charge in [-0.2, -0.15) is 0 Å². The van der Waals surface area contributed by atoms with Crippen LogP contribution in [0.5, 0.6) is 0 Å². The highest BCUT2D eigenvalue weighted by Gasteiger charge is 2.36. The highest BCUT2D eigenvalue weighted by molar-refractivity contribution is 5.99. The number of pyridine rings is 2. The van der Waals surface area contributed by atoms with Crippen LogP contribution in [-0.4, -0.2) is 20.8 Å². The summed E-state index contributed by atoms with van der Waals surface area (Å²) in [5, 5.41) is 3.50. The van der Waals surface area contributed by atoms with Crippen molar-refractivity contribution in [2.24, 2.45) is 0 Å². The molecule has 1 aliphatic rings. The lowest BCUT2D eigenvalue weighted by Crippen LogP contribution is -2.36. The Labute approximate surface area is 146 Å². The number of hydrogen-bond acceptors (Lipinski definition) is 4. The van der Waals surface area contributed by atoms with Crippen LogP contribution >= 0.6 is 0 Å². The monoisotopic (exact) mass is 330 g/mol. The Balaban J connectivity index is 1.60. The lowest BCUT2D eigenvalue weighted by atomic mass is 10.1. The molecule has 25 heavy (non-hydrogen) atoms. The molecule has 4 rings (SSSR count). The average Bonchev–Trinajstić information content (AvgIpc) is 2.94. The van der Waals surface area contributed by atoms with E-state index >= 15 is 0 Å². The Hall–Kier alpha value is -3.05. The van der Waals surface area contributed by atoms with Crippen LogP contribution in [0.1, 0.15) is 33.2 Å². The van der Waals surface area contributed by atoms with E-state index in [0.717, 1.165) is 22.3 Å². The van der Waals surface area contributed by atoms with Crippen LogP contribution in [0.3, 0.4) is 0 Å². The van der Waals surface area contributed by atoms with E-state index in [9.17, 15) is 4.79 Å². The summed E-state index contributed by atoms with van der Waals surface area (Å²) in [6, 6.07) is 15.6. The number of amides is 1. The summed E-state index contributed by atoms with van der Waals surface area (Å²) in [7, 11) is 0. The van der Waals surface area contributed by atoms with Gasteiger partial charge in [0, 0.05) is 49.0 Å². The number of nitrogens with zero attached hydrogens (tertiary/aromatic N) is 3. The van der Waals surface area contributed by atoms with E-state index in [0.29, 0.717) is 13.1 Å². The van der Waals surface area contributed by atoms with E-state index < -0.39 is 0 Å². The summed E-state index contributed by atoms with van der Waals surface area (Å²) in [5.74, 6) is 0.0446. The minimum Gasteiger partial charge on any atom is -0.314 e. The highest BCUT2D eigenvalue weighted by Crippen LogP contribution is 2.33. The fraction of sp³-hybridized carbons (Fsp3) is 0.150. The molecule has 1 aliphatic heterocycles. The van der Waals surface area contributed by atoms with Gasteiger partial charge >= 0.3 is 0 Å². The maximum Gasteiger partial charge on any atom is 0.256 e. The van der Waals surface area contributed by atoms with Gasteiger partial charge in [-0.05, 0) is 29.3 Å². The van der Waals surface area contributed by atoms with E-state index in [-0.39, 0.29) is 12.1 Å². The van der Waals surface area contributed by atoms with Crippen LogP contribution in [0, 0.1) is 0 Å². The van der Waals surface area contributed by atoms with Crippen molar-refractivity contribution < 1.29 is 4.79 Å². The van der Waals surface area contributed by atoms with Crippen molar-refractivity contribution in [3.63, 3.8) is 0 Å². The Morgan fingerprint density at radius 3 is 2.36 bits per heavy atom. The molecule has 2 aromatic heterocycles. The van der Waals surface area contributed by atoms with Gasteiger partial charge in [-0.1, -0.05) is 30.3 Å². The predicted molar refractivity (Wildman–Crippen MR) is 94.4 cm³/mol. The Morgan fingerprint density at radius 2 is 1.64 bits per heavy atom. The Bertz CT molecular complexity index is 867. The molecule has 0 aliphatic carbocycles. The van der Waals surface area contributed by atoms with Gasteiger partial charge in [0.25, 0.3) is 5.91 Å². The fourth-order valence-electron chi connectivity index (χ4n) is 3.16. The molecule has 0 saturated carbocycles. The summed E-state index contributed by atoms with van der Waals surface area (Å²) in [6.07, 6.45) is 6.97. The zero-order valence-electron chi connectivity index (χ0n) is 13.7. The summed E-state index contributed by atoms with van der Waals surface area (Å²) < 4.78 is 0. The van der Waals surface area contributed by atoms with Gasteiger partial charge in [0.15, 0.2) is 0 Å². The maximum atomic E-state index is 12.9. The number of nitrogens with one attached hydrogen (secondary N) is 1. The molecule has 5 nitrogen and oxygen atoms in total. The number of carbonyl (C=O) groups excluding carboxylic acids is 1. The number of rotatable bonds is 5.